The number of ether oxygens (including phenoxy) is 1. The first-order valence-electron chi connectivity index (χ1n) is 7.41. The molecule has 0 bridgehead atoms. The number of carbonyl (C=O) groups is 1. The third kappa shape index (κ3) is 5.09. The van der Waals surface area contributed by atoms with E-state index in [1.807, 2.05) is 26.0 Å². The summed E-state index contributed by atoms with van der Waals surface area (Å²) < 4.78 is 6.74. The van der Waals surface area contributed by atoms with Gasteiger partial charge in [-0.15, -0.1) is 0 Å². The van der Waals surface area contributed by atoms with Crippen LogP contribution in [-0.4, -0.2) is 37.9 Å². The van der Waals surface area contributed by atoms with Gasteiger partial charge in [-0.1, -0.05) is 17.1 Å². The Balaban J connectivity index is 1.84. The van der Waals surface area contributed by atoms with E-state index in [4.69, 9.17) is 4.74 Å². The molecule has 10 nitrogen and oxygen atoms in total. The van der Waals surface area contributed by atoms with Crippen molar-refractivity contribution in [2.75, 3.05) is 6.61 Å². The van der Waals surface area contributed by atoms with E-state index < -0.39 is 16.8 Å². The highest BCUT2D eigenvalue weighted by atomic mass is 16.6. The maximum Gasteiger partial charge on any atom is 0.490 e. The molecule has 0 saturated carbocycles. The number of hydrogen-bond acceptors (Lipinski definition) is 7. The summed E-state index contributed by atoms with van der Waals surface area (Å²) in [6, 6.07) is 5.61. The first-order valence-corrected chi connectivity index (χ1v) is 7.41. The van der Waals surface area contributed by atoms with Crippen molar-refractivity contribution >= 4 is 17.6 Å². The summed E-state index contributed by atoms with van der Waals surface area (Å²) in [6.07, 6.45) is 1.22. The third-order valence-corrected chi connectivity index (χ3v) is 3.36. The molecule has 132 valence electrons. The number of amides is 1. The van der Waals surface area contributed by atoms with Gasteiger partial charge in [-0.2, -0.15) is 9.78 Å². The Morgan fingerprint density at radius 1 is 1.44 bits per heavy atom. The summed E-state index contributed by atoms with van der Waals surface area (Å²) in [5.74, 6) is -0.255. The van der Waals surface area contributed by atoms with Crippen molar-refractivity contribution in [2.24, 2.45) is 5.10 Å². The number of aryl methyl sites for hydroxylation is 1. The molecular weight excluding hydrogens is 328 g/mol. The topological polar surface area (TPSA) is 125 Å². The van der Waals surface area contributed by atoms with Gasteiger partial charge in [-0.25, -0.2) is 5.43 Å². The van der Waals surface area contributed by atoms with Gasteiger partial charge in [0.15, 0.2) is 6.61 Å². The van der Waals surface area contributed by atoms with Gasteiger partial charge in [-0.3, -0.25) is 4.79 Å². The highest BCUT2D eigenvalue weighted by Gasteiger charge is 2.13. The second-order valence-corrected chi connectivity index (χ2v) is 5.37. The molecule has 1 amide bonds. The minimum Gasteiger partial charge on any atom is -0.483 e. The number of rotatable bonds is 7. The van der Waals surface area contributed by atoms with Crippen molar-refractivity contribution in [2.45, 2.75) is 27.3 Å². The van der Waals surface area contributed by atoms with Gasteiger partial charge < -0.3 is 14.9 Å². The number of hydrazone groups is 1. The molecule has 0 unspecified atom stereocenters. The highest BCUT2D eigenvalue weighted by Crippen LogP contribution is 2.20. The number of hydrogen-bond donors (Lipinski definition) is 1. The summed E-state index contributed by atoms with van der Waals surface area (Å²) in [6.45, 7) is 5.53. The molecule has 1 aromatic carbocycles. The van der Waals surface area contributed by atoms with E-state index in [1.54, 1.807) is 13.0 Å². The normalized spacial score (nSPS) is 11.2. The minimum atomic E-state index is -0.685. The fourth-order valence-electron chi connectivity index (χ4n) is 1.93. The second-order valence-electron chi connectivity index (χ2n) is 5.37. The van der Waals surface area contributed by atoms with Gasteiger partial charge in [-0.05, 0) is 42.9 Å². The maximum absolute atomic E-state index is 11.8. The van der Waals surface area contributed by atoms with Crippen molar-refractivity contribution in [3.63, 3.8) is 0 Å². The smallest absolute Gasteiger partial charge is 0.483 e. The van der Waals surface area contributed by atoms with Crippen LogP contribution in [0.15, 0.2) is 29.6 Å². The Morgan fingerprint density at radius 3 is 2.88 bits per heavy atom. The van der Waals surface area contributed by atoms with Gasteiger partial charge in [0.05, 0.1) is 12.3 Å². The molecule has 0 aliphatic carbocycles. The van der Waals surface area contributed by atoms with Crippen molar-refractivity contribution in [3.05, 3.63) is 45.8 Å². The van der Waals surface area contributed by atoms with Gasteiger partial charge >= 0.3 is 5.95 Å². The van der Waals surface area contributed by atoms with E-state index >= 15 is 0 Å². The monoisotopic (exact) mass is 346 g/mol. The third-order valence-electron chi connectivity index (χ3n) is 3.36. The SMILES string of the molecule is C/C(Cn1cnc([N+](=O)[O-])n1)=N\NC(=O)COc1cccc(C)c1C. The highest BCUT2D eigenvalue weighted by molar-refractivity contribution is 5.84. The quantitative estimate of drug-likeness (QED) is 0.459. The number of benzene rings is 1. The predicted molar refractivity (Wildman–Crippen MR) is 89.3 cm³/mol. The van der Waals surface area contributed by atoms with Gasteiger partial charge in [0.25, 0.3) is 5.91 Å². The molecule has 10 heteroatoms. The van der Waals surface area contributed by atoms with Crippen LogP contribution in [0.2, 0.25) is 0 Å². The molecule has 0 fully saturated rings. The fourth-order valence-corrected chi connectivity index (χ4v) is 1.93. The predicted octanol–water partition coefficient (Wildman–Crippen LogP) is 1.37. The van der Waals surface area contributed by atoms with Crippen molar-refractivity contribution < 1.29 is 14.5 Å². The summed E-state index contributed by atoms with van der Waals surface area (Å²) in [7, 11) is 0. The number of nitrogens with one attached hydrogen (secondary N) is 1. The molecule has 2 aromatic rings. The zero-order valence-electron chi connectivity index (χ0n) is 14.1. The molecule has 1 aromatic heterocycles. The molecule has 25 heavy (non-hydrogen) atoms. The maximum atomic E-state index is 11.8. The zero-order chi connectivity index (χ0) is 18.4. The van der Waals surface area contributed by atoms with E-state index in [1.165, 1.54) is 11.0 Å². The van der Waals surface area contributed by atoms with Crippen LogP contribution in [0.1, 0.15) is 18.1 Å². The Hall–Kier alpha value is -3.30. The van der Waals surface area contributed by atoms with E-state index in [2.05, 4.69) is 20.6 Å². The van der Waals surface area contributed by atoms with Crippen molar-refractivity contribution in [3.8, 4) is 5.75 Å². The van der Waals surface area contributed by atoms with Crippen LogP contribution in [-0.2, 0) is 11.3 Å². The number of nitrogens with zero attached hydrogens (tertiary/aromatic N) is 5. The molecule has 1 heterocycles. The lowest BCUT2D eigenvalue weighted by atomic mass is 10.1. The second kappa shape index (κ2) is 7.99. The van der Waals surface area contributed by atoms with Gasteiger partial charge in [0, 0.05) is 5.10 Å². The largest absolute Gasteiger partial charge is 0.490 e. The summed E-state index contributed by atoms with van der Waals surface area (Å²) in [5, 5.41) is 18.1. The van der Waals surface area contributed by atoms with E-state index in [0.29, 0.717) is 11.5 Å². The van der Waals surface area contributed by atoms with Crippen LogP contribution in [0, 0.1) is 24.0 Å². The molecule has 0 atom stereocenters. The molecule has 0 spiro atoms. The zero-order valence-corrected chi connectivity index (χ0v) is 14.1. The average molecular weight is 346 g/mol. The lowest BCUT2D eigenvalue weighted by Gasteiger charge is -2.10. The van der Waals surface area contributed by atoms with E-state index in [9.17, 15) is 14.9 Å². The van der Waals surface area contributed by atoms with Crippen molar-refractivity contribution in [1.82, 2.24) is 20.2 Å². The molecule has 0 aliphatic heterocycles. The summed E-state index contributed by atoms with van der Waals surface area (Å²) >= 11 is 0. The number of aromatic nitrogens is 3. The Morgan fingerprint density at radius 2 is 2.20 bits per heavy atom. The molecule has 0 saturated heterocycles. The van der Waals surface area contributed by atoms with Crippen LogP contribution in [0.25, 0.3) is 0 Å². The molecule has 2 rings (SSSR count). The lowest BCUT2D eigenvalue weighted by Crippen LogP contribution is -2.26. The van der Waals surface area contributed by atoms with Crippen LogP contribution < -0.4 is 10.2 Å². The Labute approximate surface area is 143 Å². The first-order chi connectivity index (χ1) is 11.9. The van der Waals surface area contributed by atoms with Crippen LogP contribution in [0.3, 0.4) is 0 Å². The molecule has 1 N–H and O–H groups in total. The van der Waals surface area contributed by atoms with E-state index in [-0.39, 0.29) is 13.2 Å². The van der Waals surface area contributed by atoms with Gasteiger partial charge in [0.1, 0.15) is 5.75 Å². The summed E-state index contributed by atoms with van der Waals surface area (Å²) in [4.78, 5) is 25.2. The Kier molecular flexibility index (Phi) is 5.77. The lowest BCUT2D eigenvalue weighted by molar-refractivity contribution is -0.394. The molecule has 0 radical (unpaired) electrons. The fraction of sp³-hybridized carbons (Fsp3) is 0.333. The number of nitro groups is 1. The minimum absolute atomic E-state index is 0.166. The van der Waals surface area contributed by atoms with Crippen molar-refractivity contribution in [1.29, 1.82) is 0 Å². The molecular formula is C15H18N6O4. The standard InChI is InChI=1S/C15H18N6O4/c1-10-5-4-6-13(12(10)3)25-8-14(22)18-17-11(2)7-20-9-16-15(19-20)21(23)24/h4-6,9H,7-8H2,1-3H3,(H,18,22)/b17-11+. The van der Waals surface area contributed by atoms with Crippen LogP contribution in [0.4, 0.5) is 5.95 Å². The van der Waals surface area contributed by atoms with E-state index in [0.717, 1.165) is 11.1 Å². The van der Waals surface area contributed by atoms with Crippen LogP contribution in [0.5, 0.6) is 5.75 Å². The molecule has 0 aliphatic rings. The average Bonchev–Trinajstić information content (AvgIpc) is 3.03. The first kappa shape index (κ1) is 18.0. The summed E-state index contributed by atoms with van der Waals surface area (Å²) in [5.41, 5.74) is 4.92. The Bertz CT molecular complexity index is 814. The van der Waals surface area contributed by atoms with Crippen LogP contribution >= 0.6 is 0 Å². The number of carbonyl (C=O) groups excluding carboxylic acids is 1. The van der Waals surface area contributed by atoms with Gasteiger partial charge in [0.2, 0.25) is 6.33 Å².